The molecular weight excluding hydrogens is 442 g/mol. The van der Waals surface area contributed by atoms with Gasteiger partial charge in [-0.25, -0.2) is 0 Å². The van der Waals surface area contributed by atoms with Crippen molar-refractivity contribution < 1.29 is 9.53 Å². The zero-order valence-electron chi connectivity index (χ0n) is 23.7. The lowest BCUT2D eigenvalue weighted by molar-refractivity contribution is -0.164. The minimum absolute atomic E-state index is 0.0206. The van der Waals surface area contributed by atoms with Crippen LogP contribution in [0.25, 0.3) is 0 Å². The molecule has 1 fully saturated rings. The van der Waals surface area contributed by atoms with E-state index in [1.54, 1.807) is 0 Å². The molecule has 0 amide bonds. The average molecular weight is 500 g/mol. The van der Waals surface area contributed by atoms with E-state index in [1.165, 1.54) is 109 Å². The number of ether oxygens (including phenoxy) is 1. The molecule has 3 nitrogen and oxygen atoms in total. The van der Waals surface area contributed by atoms with Gasteiger partial charge in [0.05, 0.1) is 0 Å². The summed E-state index contributed by atoms with van der Waals surface area (Å²) in [4.78, 5) is 12.6. The highest BCUT2D eigenvalue weighted by atomic mass is 16.6. The lowest BCUT2D eigenvalue weighted by atomic mass is 9.84. The Balaban J connectivity index is 1.38. The standard InChI is InChI=1S/C33H57NO2/c1-2-3-4-5-6-7-8-9-10-11-12-13-14-15-16-17-18-19-23-26-32(35)36-33(27-29-34-30-28-33)31-24-21-20-22-25-31/h20-22,24-25,34H,2-19,23,26-30H2,1H3. The van der Waals surface area contributed by atoms with E-state index in [1.807, 2.05) is 18.2 Å². The van der Waals surface area contributed by atoms with Gasteiger partial charge in [-0.2, -0.15) is 0 Å². The topological polar surface area (TPSA) is 38.3 Å². The number of unbranched alkanes of at least 4 members (excludes halogenated alkanes) is 18. The van der Waals surface area contributed by atoms with E-state index in [4.69, 9.17) is 4.74 Å². The molecule has 3 heteroatoms. The highest BCUT2D eigenvalue weighted by Gasteiger charge is 2.37. The quantitative estimate of drug-likeness (QED) is 0.127. The maximum absolute atomic E-state index is 12.6. The van der Waals surface area contributed by atoms with E-state index in [-0.39, 0.29) is 5.97 Å². The van der Waals surface area contributed by atoms with Crippen molar-refractivity contribution in [2.45, 2.75) is 154 Å². The average Bonchev–Trinajstić information content (AvgIpc) is 2.91. The fourth-order valence-electron chi connectivity index (χ4n) is 5.64. The number of hydrogen-bond donors (Lipinski definition) is 1. The number of carbonyl (C=O) groups is 1. The van der Waals surface area contributed by atoms with Crippen LogP contribution in [0.2, 0.25) is 0 Å². The summed E-state index contributed by atoms with van der Waals surface area (Å²) in [5.41, 5.74) is 0.713. The normalized spacial score (nSPS) is 15.1. The number of rotatable bonds is 22. The summed E-state index contributed by atoms with van der Waals surface area (Å²) < 4.78 is 6.12. The van der Waals surface area contributed by atoms with Crippen molar-refractivity contribution in [1.82, 2.24) is 5.32 Å². The van der Waals surface area contributed by atoms with Crippen LogP contribution in [0.5, 0.6) is 0 Å². The molecule has 0 spiro atoms. The number of benzene rings is 1. The summed E-state index contributed by atoms with van der Waals surface area (Å²) in [5, 5.41) is 3.40. The summed E-state index contributed by atoms with van der Waals surface area (Å²) in [6.07, 6.45) is 28.3. The van der Waals surface area contributed by atoms with Crippen LogP contribution >= 0.6 is 0 Å². The number of nitrogens with one attached hydrogen (secondary N) is 1. The van der Waals surface area contributed by atoms with Crippen LogP contribution in [-0.2, 0) is 15.1 Å². The molecular formula is C33H57NO2. The fraction of sp³-hybridized carbons (Fsp3) is 0.788. The SMILES string of the molecule is CCCCCCCCCCCCCCCCCCCCCC(=O)OC1(c2ccccc2)CCNCC1. The molecule has 1 heterocycles. The summed E-state index contributed by atoms with van der Waals surface area (Å²) in [6, 6.07) is 10.3. The van der Waals surface area contributed by atoms with Gasteiger partial charge in [0.2, 0.25) is 0 Å². The van der Waals surface area contributed by atoms with E-state index in [2.05, 4.69) is 24.4 Å². The summed E-state index contributed by atoms with van der Waals surface area (Å²) >= 11 is 0. The smallest absolute Gasteiger partial charge is 0.306 e. The van der Waals surface area contributed by atoms with E-state index < -0.39 is 5.60 Å². The monoisotopic (exact) mass is 499 g/mol. The maximum atomic E-state index is 12.6. The molecule has 206 valence electrons. The molecule has 0 aliphatic carbocycles. The van der Waals surface area contributed by atoms with Crippen LogP contribution in [0, 0.1) is 0 Å². The van der Waals surface area contributed by atoms with Crippen LogP contribution in [-0.4, -0.2) is 19.1 Å². The van der Waals surface area contributed by atoms with Crippen molar-refractivity contribution in [3.05, 3.63) is 35.9 Å². The number of hydrogen-bond acceptors (Lipinski definition) is 3. The first kappa shape index (κ1) is 30.9. The van der Waals surface area contributed by atoms with Crippen LogP contribution in [0.1, 0.15) is 154 Å². The second kappa shape index (κ2) is 20.7. The first-order chi connectivity index (χ1) is 17.8. The largest absolute Gasteiger partial charge is 0.454 e. The third kappa shape index (κ3) is 13.8. The van der Waals surface area contributed by atoms with Gasteiger partial charge in [0.1, 0.15) is 5.60 Å². The van der Waals surface area contributed by atoms with Crippen molar-refractivity contribution >= 4 is 5.97 Å². The predicted octanol–water partition coefficient (Wildman–Crippen LogP) is 9.63. The first-order valence-corrected chi connectivity index (χ1v) is 15.7. The van der Waals surface area contributed by atoms with Gasteiger partial charge in [-0.15, -0.1) is 0 Å². The molecule has 2 rings (SSSR count). The van der Waals surface area contributed by atoms with Crippen LogP contribution in [0.3, 0.4) is 0 Å². The molecule has 1 aliphatic rings. The third-order valence-electron chi connectivity index (χ3n) is 8.00. The minimum Gasteiger partial charge on any atom is -0.454 e. The molecule has 0 saturated carbocycles. The van der Waals surface area contributed by atoms with Gasteiger partial charge in [0.25, 0.3) is 0 Å². The second-order valence-corrected chi connectivity index (χ2v) is 11.2. The van der Waals surface area contributed by atoms with Gasteiger partial charge in [0.15, 0.2) is 0 Å². The van der Waals surface area contributed by atoms with E-state index >= 15 is 0 Å². The Kier molecular flexibility index (Phi) is 17.7. The number of esters is 1. The Hall–Kier alpha value is -1.35. The summed E-state index contributed by atoms with van der Waals surface area (Å²) in [5.74, 6) is -0.0206. The lowest BCUT2D eigenvalue weighted by Crippen LogP contribution is -2.43. The minimum atomic E-state index is -0.433. The van der Waals surface area contributed by atoms with Crippen molar-refractivity contribution in [2.75, 3.05) is 13.1 Å². The second-order valence-electron chi connectivity index (χ2n) is 11.2. The third-order valence-corrected chi connectivity index (χ3v) is 8.00. The highest BCUT2D eigenvalue weighted by molar-refractivity contribution is 5.70. The van der Waals surface area contributed by atoms with Crippen LogP contribution < -0.4 is 5.32 Å². The van der Waals surface area contributed by atoms with Gasteiger partial charge in [0, 0.05) is 19.3 Å². The van der Waals surface area contributed by atoms with Gasteiger partial charge in [-0.05, 0) is 25.1 Å². The van der Waals surface area contributed by atoms with Crippen LogP contribution in [0.4, 0.5) is 0 Å². The highest BCUT2D eigenvalue weighted by Crippen LogP contribution is 2.35. The summed E-state index contributed by atoms with van der Waals surface area (Å²) in [7, 11) is 0. The Morgan fingerprint density at radius 2 is 1.08 bits per heavy atom. The summed E-state index contributed by atoms with van der Waals surface area (Å²) in [6.45, 7) is 4.10. The lowest BCUT2D eigenvalue weighted by Gasteiger charge is -2.37. The van der Waals surface area contributed by atoms with Crippen molar-refractivity contribution in [3.8, 4) is 0 Å². The van der Waals surface area contributed by atoms with Crippen molar-refractivity contribution in [1.29, 1.82) is 0 Å². The Morgan fingerprint density at radius 3 is 1.53 bits per heavy atom. The predicted molar refractivity (Wildman–Crippen MR) is 154 cm³/mol. The van der Waals surface area contributed by atoms with E-state index in [0.717, 1.165) is 44.3 Å². The molecule has 0 radical (unpaired) electrons. The Morgan fingerprint density at radius 1 is 0.667 bits per heavy atom. The Bertz CT molecular complexity index is 638. The molecule has 0 unspecified atom stereocenters. The molecule has 1 aromatic carbocycles. The zero-order chi connectivity index (χ0) is 25.6. The number of piperidine rings is 1. The molecule has 1 N–H and O–H groups in total. The molecule has 1 saturated heterocycles. The van der Waals surface area contributed by atoms with Gasteiger partial charge < -0.3 is 10.1 Å². The number of carbonyl (C=O) groups excluding carboxylic acids is 1. The molecule has 1 aromatic rings. The molecule has 0 bridgehead atoms. The maximum Gasteiger partial charge on any atom is 0.306 e. The molecule has 36 heavy (non-hydrogen) atoms. The zero-order valence-corrected chi connectivity index (χ0v) is 23.7. The van der Waals surface area contributed by atoms with Crippen molar-refractivity contribution in [2.24, 2.45) is 0 Å². The Labute approximate surface area is 223 Å². The first-order valence-electron chi connectivity index (χ1n) is 15.7. The molecule has 1 aliphatic heterocycles. The van der Waals surface area contributed by atoms with E-state index in [9.17, 15) is 4.79 Å². The van der Waals surface area contributed by atoms with Crippen LogP contribution in [0.15, 0.2) is 30.3 Å². The van der Waals surface area contributed by atoms with Gasteiger partial charge in [-0.1, -0.05) is 153 Å². The molecule has 0 atom stereocenters. The fourth-order valence-corrected chi connectivity index (χ4v) is 5.64. The molecule has 0 aromatic heterocycles. The van der Waals surface area contributed by atoms with E-state index in [0.29, 0.717) is 6.42 Å². The van der Waals surface area contributed by atoms with Gasteiger partial charge in [-0.3, -0.25) is 4.79 Å². The van der Waals surface area contributed by atoms with Crippen molar-refractivity contribution in [3.63, 3.8) is 0 Å². The van der Waals surface area contributed by atoms with Gasteiger partial charge >= 0.3 is 5.97 Å².